The molecule has 1 N–H and O–H groups in total. The highest BCUT2D eigenvalue weighted by Gasteiger charge is 2.28. The Morgan fingerprint density at radius 3 is 2.85 bits per heavy atom. The maximum atomic E-state index is 12.6. The minimum absolute atomic E-state index is 0.0354. The van der Waals surface area contributed by atoms with Crippen molar-refractivity contribution in [3.8, 4) is 11.6 Å². The fourth-order valence-electron chi connectivity index (χ4n) is 2.94. The van der Waals surface area contributed by atoms with E-state index in [1.165, 1.54) is 0 Å². The second-order valence-corrected chi connectivity index (χ2v) is 6.25. The van der Waals surface area contributed by atoms with Crippen molar-refractivity contribution < 1.29 is 19.4 Å². The number of likely N-dealkylation sites (tertiary alicyclic amines) is 1. The number of benzene rings is 1. The highest BCUT2D eigenvalue weighted by atomic mass is 16.5. The third-order valence-electron chi connectivity index (χ3n) is 4.32. The van der Waals surface area contributed by atoms with Crippen molar-refractivity contribution in [1.82, 2.24) is 14.9 Å². The lowest BCUT2D eigenvalue weighted by molar-refractivity contribution is -0.139. The van der Waals surface area contributed by atoms with Crippen LogP contribution in [0.5, 0.6) is 11.6 Å². The molecule has 0 aliphatic carbocycles. The largest absolute Gasteiger partial charge is 0.481 e. The molecule has 1 aliphatic heterocycles. The van der Waals surface area contributed by atoms with Gasteiger partial charge in [-0.05, 0) is 24.6 Å². The number of piperidine rings is 1. The van der Waals surface area contributed by atoms with Crippen LogP contribution in [0.2, 0.25) is 0 Å². The zero-order valence-corrected chi connectivity index (χ0v) is 14.7. The van der Waals surface area contributed by atoms with E-state index in [0.29, 0.717) is 24.7 Å². The number of carbonyl (C=O) groups excluding carboxylic acids is 1. The topological polar surface area (TPSA) is 84.8 Å². The Kier molecular flexibility index (Phi) is 6.01. The van der Waals surface area contributed by atoms with Crippen LogP contribution < -0.4 is 9.47 Å². The van der Waals surface area contributed by atoms with Crippen molar-refractivity contribution in [3.05, 3.63) is 48.4 Å². The average molecular weight is 357 g/mol. The maximum absolute atomic E-state index is 12.6. The lowest BCUT2D eigenvalue weighted by Crippen LogP contribution is -2.46. The molecule has 1 atom stereocenters. The van der Waals surface area contributed by atoms with Gasteiger partial charge in [0, 0.05) is 38.3 Å². The van der Waals surface area contributed by atoms with E-state index in [1.807, 2.05) is 0 Å². The molecule has 1 aromatic heterocycles. The van der Waals surface area contributed by atoms with Gasteiger partial charge in [-0.2, -0.15) is 0 Å². The molecule has 1 aliphatic rings. The third kappa shape index (κ3) is 4.70. The molecular formula is C19H23N3O4. The number of aliphatic hydroxyl groups excluding tert-OH is 1. The molecule has 1 fully saturated rings. The van der Waals surface area contributed by atoms with Crippen molar-refractivity contribution in [1.29, 1.82) is 0 Å². The number of carbonyl (C=O) groups is 1. The number of ether oxygens (including phenoxy) is 2. The van der Waals surface area contributed by atoms with E-state index in [-0.39, 0.29) is 18.6 Å². The Morgan fingerprint density at radius 2 is 2.15 bits per heavy atom. The monoisotopic (exact) mass is 357 g/mol. The van der Waals surface area contributed by atoms with Gasteiger partial charge in [0.1, 0.15) is 11.9 Å². The van der Waals surface area contributed by atoms with Gasteiger partial charge < -0.3 is 19.5 Å². The second kappa shape index (κ2) is 8.62. The maximum Gasteiger partial charge on any atom is 0.263 e. The van der Waals surface area contributed by atoms with Crippen molar-refractivity contribution in [2.45, 2.75) is 38.6 Å². The quantitative estimate of drug-likeness (QED) is 0.849. The van der Waals surface area contributed by atoms with Gasteiger partial charge in [0.05, 0.1) is 12.8 Å². The molecule has 7 nitrogen and oxygen atoms in total. The number of hydrogen-bond donors (Lipinski definition) is 1. The predicted octanol–water partition coefficient (Wildman–Crippen LogP) is 1.81. The third-order valence-corrected chi connectivity index (χ3v) is 4.32. The Morgan fingerprint density at radius 1 is 1.35 bits per heavy atom. The predicted molar refractivity (Wildman–Crippen MR) is 94.7 cm³/mol. The van der Waals surface area contributed by atoms with E-state index in [2.05, 4.69) is 9.97 Å². The summed E-state index contributed by atoms with van der Waals surface area (Å²) in [6, 6.07) is 7.13. The number of nitrogens with zero attached hydrogens (tertiary/aromatic N) is 3. The molecule has 1 unspecified atom stereocenters. The summed E-state index contributed by atoms with van der Waals surface area (Å²) >= 11 is 0. The Balaban J connectivity index is 1.49. The second-order valence-electron chi connectivity index (χ2n) is 6.25. The van der Waals surface area contributed by atoms with Crippen molar-refractivity contribution >= 4 is 5.91 Å². The first-order valence-electron chi connectivity index (χ1n) is 8.73. The summed E-state index contributed by atoms with van der Waals surface area (Å²) in [5, 5.41) is 9.19. The zero-order valence-electron chi connectivity index (χ0n) is 14.7. The van der Waals surface area contributed by atoms with Crippen LogP contribution in [0.4, 0.5) is 0 Å². The molecule has 0 radical (unpaired) electrons. The summed E-state index contributed by atoms with van der Waals surface area (Å²) in [4.78, 5) is 22.5. The summed E-state index contributed by atoms with van der Waals surface area (Å²) < 4.78 is 11.5. The number of hydrogen-bond acceptors (Lipinski definition) is 6. The van der Waals surface area contributed by atoms with Crippen LogP contribution in [-0.2, 0) is 11.4 Å². The van der Waals surface area contributed by atoms with Crippen LogP contribution in [-0.4, -0.2) is 51.2 Å². The Labute approximate surface area is 152 Å². The van der Waals surface area contributed by atoms with Gasteiger partial charge >= 0.3 is 0 Å². The minimum atomic E-state index is -0.582. The van der Waals surface area contributed by atoms with Gasteiger partial charge in [0.25, 0.3) is 5.91 Å². The SMILES string of the molecule is CC(Oc1cccc(CO)c1)C(=O)N1CCC(Oc2cnccn2)CC1. The highest BCUT2D eigenvalue weighted by Crippen LogP contribution is 2.19. The Bertz CT molecular complexity index is 718. The lowest BCUT2D eigenvalue weighted by atomic mass is 10.1. The van der Waals surface area contributed by atoms with Crippen LogP contribution >= 0.6 is 0 Å². The molecule has 0 saturated carbocycles. The summed E-state index contributed by atoms with van der Waals surface area (Å²) in [5.41, 5.74) is 0.754. The summed E-state index contributed by atoms with van der Waals surface area (Å²) in [6.07, 6.45) is 5.73. The van der Waals surface area contributed by atoms with Crippen LogP contribution in [0.25, 0.3) is 0 Å². The van der Waals surface area contributed by atoms with E-state index in [9.17, 15) is 9.90 Å². The van der Waals surface area contributed by atoms with Crippen LogP contribution in [0.1, 0.15) is 25.3 Å². The molecule has 138 valence electrons. The summed E-state index contributed by atoms with van der Waals surface area (Å²) in [6.45, 7) is 2.93. The molecule has 2 heterocycles. The molecule has 7 heteroatoms. The zero-order chi connectivity index (χ0) is 18.4. The van der Waals surface area contributed by atoms with Gasteiger partial charge in [-0.1, -0.05) is 12.1 Å². The van der Waals surface area contributed by atoms with Gasteiger partial charge in [-0.3, -0.25) is 9.78 Å². The highest BCUT2D eigenvalue weighted by molar-refractivity contribution is 5.81. The molecule has 2 aromatic rings. The van der Waals surface area contributed by atoms with Gasteiger partial charge in [-0.15, -0.1) is 0 Å². The fraction of sp³-hybridized carbons (Fsp3) is 0.421. The van der Waals surface area contributed by atoms with E-state index in [4.69, 9.17) is 9.47 Å². The fourth-order valence-corrected chi connectivity index (χ4v) is 2.94. The number of rotatable bonds is 6. The molecule has 0 spiro atoms. The standard InChI is InChI=1S/C19H23N3O4/c1-14(25-17-4-2-3-15(11-17)13-23)19(24)22-9-5-16(6-10-22)26-18-12-20-7-8-21-18/h2-4,7-8,11-12,14,16,23H,5-6,9-10,13H2,1H3. The smallest absolute Gasteiger partial charge is 0.263 e. The molecule has 1 amide bonds. The van der Waals surface area contributed by atoms with E-state index < -0.39 is 6.10 Å². The first kappa shape index (κ1) is 18.1. The molecular weight excluding hydrogens is 334 g/mol. The van der Waals surface area contributed by atoms with Crippen molar-refractivity contribution in [2.75, 3.05) is 13.1 Å². The first-order valence-corrected chi connectivity index (χ1v) is 8.73. The van der Waals surface area contributed by atoms with Gasteiger partial charge in [0.15, 0.2) is 6.10 Å². The number of aromatic nitrogens is 2. The average Bonchev–Trinajstić information content (AvgIpc) is 2.69. The Hall–Kier alpha value is -2.67. The van der Waals surface area contributed by atoms with Crippen LogP contribution in [0, 0.1) is 0 Å². The van der Waals surface area contributed by atoms with Gasteiger partial charge in [-0.25, -0.2) is 4.98 Å². The molecule has 1 aromatic carbocycles. The van der Waals surface area contributed by atoms with Gasteiger partial charge in [0.2, 0.25) is 5.88 Å². The summed E-state index contributed by atoms with van der Waals surface area (Å²) in [5.74, 6) is 1.05. The van der Waals surface area contributed by atoms with E-state index in [0.717, 1.165) is 18.4 Å². The summed E-state index contributed by atoms with van der Waals surface area (Å²) in [7, 11) is 0. The molecule has 1 saturated heterocycles. The number of amides is 1. The minimum Gasteiger partial charge on any atom is -0.481 e. The number of aliphatic hydroxyl groups is 1. The van der Waals surface area contributed by atoms with E-state index >= 15 is 0 Å². The normalized spacial score (nSPS) is 16.2. The van der Waals surface area contributed by atoms with Crippen molar-refractivity contribution in [2.24, 2.45) is 0 Å². The lowest BCUT2D eigenvalue weighted by Gasteiger charge is -2.33. The first-order chi connectivity index (χ1) is 12.7. The van der Waals surface area contributed by atoms with E-state index in [1.54, 1.807) is 54.7 Å². The molecule has 3 rings (SSSR count). The van der Waals surface area contributed by atoms with Crippen molar-refractivity contribution in [3.63, 3.8) is 0 Å². The molecule has 26 heavy (non-hydrogen) atoms. The molecule has 0 bridgehead atoms. The van der Waals surface area contributed by atoms with Crippen LogP contribution in [0.3, 0.4) is 0 Å². The van der Waals surface area contributed by atoms with Crippen LogP contribution in [0.15, 0.2) is 42.9 Å².